The average molecular weight is 345 g/mol. The van der Waals surface area contributed by atoms with E-state index >= 15 is 0 Å². The largest absolute Gasteiger partial charge is 0.294 e. The van der Waals surface area contributed by atoms with Gasteiger partial charge in [-0.05, 0) is 31.9 Å². The van der Waals surface area contributed by atoms with E-state index in [0.717, 1.165) is 13.1 Å². The van der Waals surface area contributed by atoms with Crippen LogP contribution in [0.4, 0.5) is 0 Å². The normalized spacial score (nSPS) is 16.5. The minimum absolute atomic E-state index is 0. The third-order valence-electron chi connectivity index (χ3n) is 3.75. The SMILES string of the molecule is Cc1cc2c(s1)CCN(C(C)c1[c-]cccc1)C2.[Y]. The zero-order valence-corrected chi connectivity index (χ0v) is 15.2. The molecular formula is C16H18NSY-. The standard InChI is InChI=1S/C16H18NS.Y/c1-12-10-15-11-17(9-8-16(15)18-12)13(2)14-6-4-3-5-7-14;/h3-6,10,13H,8-9,11H2,1-2H3;/q-1;. The van der Waals surface area contributed by atoms with Crippen LogP contribution in [0.5, 0.6) is 0 Å². The summed E-state index contributed by atoms with van der Waals surface area (Å²) in [6.45, 7) is 6.75. The van der Waals surface area contributed by atoms with Crippen molar-refractivity contribution in [3.63, 3.8) is 0 Å². The van der Waals surface area contributed by atoms with Crippen molar-refractivity contribution in [3.05, 3.63) is 57.3 Å². The maximum atomic E-state index is 3.36. The second kappa shape index (κ2) is 6.62. The first kappa shape index (κ1) is 15.4. The fraction of sp³-hybridized carbons (Fsp3) is 0.375. The summed E-state index contributed by atoms with van der Waals surface area (Å²) in [5, 5.41) is 0. The third kappa shape index (κ3) is 3.36. The maximum Gasteiger partial charge on any atom is 0.0250 e. The van der Waals surface area contributed by atoms with Gasteiger partial charge >= 0.3 is 0 Å². The van der Waals surface area contributed by atoms with Gasteiger partial charge in [0.2, 0.25) is 0 Å². The van der Waals surface area contributed by atoms with E-state index < -0.39 is 0 Å². The predicted octanol–water partition coefficient (Wildman–Crippen LogP) is 3.97. The van der Waals surface area contributed by atoms with Crippen LogP contribution in [0, 0.1) is 13.0 Å². The van der Waals surface area contributed by atoms with Gasteiger partial charge in [-0.1, -0.05) is 0 Å². The van der Waals surface area contributed by atoms with Gasteiger partial charge in [0.1, 0.15) is 0 Å². The molecule has 0 aliphatic carbocycles. The predicted molar refractivity (Wildman–Crippen MR) is 76.9 cm³/mol. The number of thiophene rings is 1. The number of rotatable bonds is 2. The fourth-order valence-corrected chi connectivity index (χ4v) is 3.74. The number of hydrogen-bond donors (Lipinski definition) is 0. The summed E-state index contributed by atoms with van der Waals surface area (Å²) in [5.74, 6) is 0. The van der Waals surface area contributed by atoms with E-state index in [0.29, 0.717) is 6.04 Å². The molecule has 97 valence electrons. The summed E-state index contributed by atoms with van der Waals surface area (Å²) < 4.78 is 0. The van der Waals surface area contributed by atoms with Crippen molar-refractivity contribution in [3.8, 4) is 0 Å². The molecule has 2 aromatic rings. The van der Waals surface area contributed by atoms with Crippen molar-refractivity contribution < 1.29 is 32.7 Å². The van der Waals surface area contributed by atoms with Crippen LogP contribution in [-0.2, 0) is 45.7 Å². The van der Waals surface area contributed by atoms with Gasteiger partial charge in [-0.3, -0.25) is 4.90 Å². The Balaban J connectivity index is 0.00000133. The van der Waals surface area contributed by atoms with Crippen LogP contribution in [0.1, 0.15) is 33.8 Å². The van der Waals surface area contributed by atoms with Gasteiger partial charge in [0.05, 0.1) is 0 Å². The van der Waals surface area contributed by atoms with Gasteiger partial charge in [0.25, 0.3) is 0 Å². The number of hydrogen-bond acceptors (Lipinski definition) is 2. The van der Waals surface area contributed by atoms with Crippen LogP contribution in [-0.4, -0.2) is 11.4 Å². The Bertz CT molecular complexity index is 535. The molecule has 0 N–H and O–H groups in total. The molecule has 1 aliphatic rings. The van der Waals surface area contributed by atoms with Gasteiger partial charge in [0.15, 0.2) is 0 Å². The molecule has 1 aromatic carbocycles. The quantitative estimate of drug-likeness (QED) is 0.745. The Hall–Kier alpha value is -0.0161. The third-order valence-corrected chi connectivity index (χ3v) is 4.90. The van der Waals surface area contributed by atoms with E-state index in [9.17, 15) is 0 Å². The topological polar surface area (TPSA) is 3.24 Å². The molecule has 1 atom stereocenters. The van der Waals surface area contributed by atoms with Crippen LogP contribution in [0.15, 0.2) is 30.3 Å². The Morgan fingerprint density at radius 2 is 2.21 bits per heavy atom. The minimum atomic E-state index is 0. The van der Waals surface area contributed by atoms with Crippen LogP contribution in [0.2, 0.25) is 0 Å². The van der Waals surface area contributed by atoms with E-state index in [1.807, 2.05) is 23.5 Å². The Kier molecular flexibility index (Phi) is 5.36. The second-order valence-electron chi connectivity index (χ2n) is 5.02. The first-order valence-corrected chi connectivity index (χ1v) is 7.34. The number of fused-ring (bicyclic) bond motifs is 1. The summed E-state index contributed by atoms with van der Waals surface area (Å²) >= 11 is 1.97. The second-order valence-corrected chi connectivity index (χ2v) is 6.36. The van der Waals surface area contributed by atoms with Gasteiger partial charge in [0, 0.05) is 61.6 Å². The molecule has 1 aliphatic heterocycles. The molecule has 1 aromatic heterocycles. The summed E-state index contributed by atoms with van der Waals surface area (Å²) in [5.41, 5.74) is 2.83. The molecule has 0 fully saturated rings. The zero-order valence-electron chi connectivity index (χ0n) is 11.5. The maximum absolute atomic E-state index is 3.36. The molecule has 1 nitrogen and oxygen atoms in total. The summed E-state index contributed by atoms with van der Waals surface area (Å²) in [4.78, 5) is 5.59. The van der Waals surface area contributed by atoms with E-state index in [4.69, 9.17) is 0 Å². The molecule has 0 bridgehead atoms. The van der Waals surface area contributed by atoms with E-state index in [1.54, 1.807) is 4.88 Å². The Morgan fingerprint density at radius 1 is 1.37 bits per heavy atom. The van der Waals surface area contributed by atoms with Gasteiger partial charge in [-0.15, -0.1) is 16.9 Å². The molecule has 19 heavy (non-hydrogen) atoms. The monoisotopic (exact) mass is 345 g/mol. The summed E-state index contributed by atoms with van der Waals surface area (Å²) in [6, 6.07) is 14.5. The van der Waals surface area contributed by atoms with Gasteiger partial charge in [-0.25, -0.2) is 0 Å². The first-order chi connectivity index (χ1) is 8.74. The minimum Gasteiger partial charge on any atom is -0.294 e. The van der Waals surface area contributed by atoms with Crippen molar-refractivity contribution in [2.75, 3.05) is 6.54 Å². The van der Waals surface area contributed by atoms with Crippen LogP contribution >= 0.6 is 11.3 Å². The Morgan fingerprint density at radius 3 is 2.95 bits per heavy atom. The molecule has 3 rings (SSSR count). The van der Waals surface area contributed by atoms with E-state index in [-0.39, 0.29) is 32.7 Å². The van der Waals surface area contributed by atoms with Crippen molar-refractivity contribution in [2.45, 2.75) is 32.9 Å². The molecule has 0 saturated carbocycles. The molecule has 3 heteroatoms. The zero-order chi connectivity index (χ0) is 12.5. The number of nitrogens with zero attached hydrogens (tertiary/aromatic N) is 1. The molecule has 1 unspecified atom stereocenters. The van der Waals surface area contributed by atoms with E-state index in [1.165, 1.54) is 22.4 Å². The molecule has 0 spiro atoms. The van der Waals surface area contributed by atoms with Crippen LogP contribution in [0.25, 0.3) is 0 Å². The van der Waals surface area contributed by atoms with Crippen LogP contribution in [0.3, 0.4) is 0 Å². The van der Waals surface area contributed by atoms with Gasteiger partial charge in [-0.2, -0.15) is 30.3 Å². The van der Waals surface area contributed by atoms with Crippen molar-refractivity contribution >= 4 is 11.3 Å². The molecule has 0 saturated heterocycles. The molecule has 1 radical (unpaired) electrons. The Labute approximate surface area is 144 Å². The molecule has 2 heterocycles. The average Bonchev–Trinajstić information content (AvgIpc) is 2.78. The molecular weight excluding hydrogens is 327 g/mol. The molecule has 0 amide bonds. The van der Waals surface area contributed by atoms with Crippen molar-refractivity contribution in [1.82, 2.24) is 4.90 Å². The number of benzene rings is 1. The smallest absolute Gasteiger partial charge is 0.0250 e. The van der Waals surface area contributed by atoms with E-state index in [2.05, 4.69) is 43.0 Å². The van der Waals surface area contributed by atoms with Crippen LogP contribution < -0.4 is 0 Å². The van der Waals surface area contributed by atoms with Crippen molar-refractivity contribution in [1.29, 1.82) is 0 Å². The summed E-state index contributed by atoms with van der Waals surface area (Å²) in [7, 11) is 0. The first-order valence-electron chi connectivity index (χ1n) is 6.53. The fourth-order valence-electron chi connectivity index (χ4n) is 2.70. The summed E-state index contributed by atoms with van der Waals surface area (Å²) in [6.07, 6.45) is 1.20. The van der Waals surface area contributed by atoms with Crippen molar-refractivity contribution in [2.24, 2.45) is 0 Å². The number of aryl methyl sites for hydroxylation is 1. The van der Waals surface area contributed by atoms with Gasteiger partial charge < -0.3 is 0 Å².